The van der Waals surface area contributed by atoms with E-state index in [2.05, 4.69) is 36.0 Å². The molecular weight excluding hydrogens is 148 g/mol. The van der Waals surface area contributed by atoms with Crippen LogP contribution < -0.4 is 0 Å². The van der Waals surface area contributed by atoms with Crippen LogP contribution in [-0.2, 0) is 6.42 Å². The summed E-state index contributed by atoms with van der Waals surface area (Å²) in [4.78, 5) is 6.29. The number of hydrogen-bond acceptors (Lipinski definition) is 2. The largest absolute Gasteiger partial charge is 0.306 e. The highest BCUT2D eigenvalue weighted by Gasteiger charge is 1.95. The van der Waals surface area contributed by atoms with Gasteiger partial charge in [0.05, 0.1) is 0 Å². The standard InChI is InChI=1S/C10H16N2/c1-3-12(2)9-6-10-4-7-11-8-5-10/h4-5,7-8H,3,6,9H2,1-2H3. The second-order valence-electron chi connectivity index (χ2n) is 3.00. The molecule has 0 bridgehead atoms. The first-order chi connectivity index (χ1) is 5.83. The SMILES string of the molecule is CCN(C)CCc1ccncc1. The molecule has 0 N–H and O–H groups in total. The van der Waals surface area contributed by atoms with Crippen molar-refractivity contribution in [1.82, 2.24) is 9.88 Å². The second-order valence-corrected chi connectivity index (χ2v) is 3.00. The van der Waals surface area contributed by atoms with Gasteiger partial charge < -0.3 is 4.90 Å². The molecule has 2 nitrogen and oxygen atoms in total. The molecule has 0 spiro atoms. The third kappa shape index (κ3) is 3.01. The first kappa shape index (κ1) is 9.20. The zero-order valence-electron chi connectivity index (χ0n) is 7.83. The monoisotopic (exact) mass is 164 g/mol. The number of pyridine rings is 1. The van der Waals surface area contributed by atoms with Gasteiger partial charge in [-0.05, 0) is 37.7 Å². The van der Waals surface area contributed by atoms with Gasteiger partial charge in [-0.3, -0.25) is 4.98 Å². The van der Waals surface area contributed by atoms with Crippen LogP contribution in [0.4, 0.5) is 0 Å². The van der Waals surface area contributed by atoms with E-state index in [0.29, 0.717) is 0 Å². The lowest BCUT2D eigenvalue weighted by atomic mass is 10.2. The van der Waals surface area contributed by atoms with Crippen LogP contribution in [0.3, 0.4) is 0 Å². The molecule has 1 aromatic rings. The van der Waals surface area contributed by atoms with E-state index in [4.69, 9.17) is 0 Å². The minimum Gasteiger partial charge on any atom is -0.306 e. The predicted molar refractivity (Wildman–Crippen MR) is 51.1 cm³/mol. The number of likely N-dealkylation sites (N-methyl/N-ethyl adjacent to an activating group) is 1. The van der Waals surface area contributed by atoms with Gasteiger partial charge in [0, 0.05) is 18.9 Å². The molecule has 1 aromatic heterocycles. The van der Waals surface area contributed by atoms with Crippen molar-refractivity contribution in [2.24, 2.45) is 0 Å². The number of aromatic nitrogens is 1. The summed E-state index contributed by atoms with van der Waals surface area (Å²) in [6.07, 6.45) is 4.81. The second kappa shape index (κ2) is 4.88. The Morgan fingerprint density at radius 3 is 2.58 bits per heavy atom. The highest BCUT2D eigenvalue weighted by atomic mass is 15.1. The maximum Gasteiger partial charge on any atom is 0.0270 e. The first-order valence-electron chi connectivity index (χ1n) is 4.40. The van der Waals surface area contributed by atoms with Gasteiger partial charge in [0.25, 0.3) is 0 Å². The van der Waals surface area contributed by atoms with E-state index in [9.17, 15) is 0 Å². The van der Waals surface area contributed by atoms with E-state index >= 15 is 0 Å². The molecule has 0 aliphatic heterocycles. The van der Waals surface area contributed by atoms with Crippen LogP contribution in [0.15, 0.2) is 24.5 Å². The zero-order valence-corrected chi connectivity index (χ0v) is 7.83. The molecule has 1 rings (SSSR count). The fourth-order valence-electron chi connectivity index (χ4n) is 1.03. The van der Waals surface area contributed by atoms with E-state index < -0.39 is 0 Å². The van der Waals surface area contributed by atoms with Gasteiger partial charge in [0.2, 0.25) is 0 Å². The average molecular weight is 164 g/mol. The average Bonchev–Trinajstić information content (AvgIpc) is 2.16. The Labute approximate surface area is 74.2 Å². The maximum absolute atomic E-state index is 3.98. The summed E-state index contributed by atoms with van der Waals surface area (Å²) in [5.74, 6) is 0. The molecule has 1 heterocycles. The molecule has 0 amide bonds. The molecule has 2 heteroatoms. The smallest absolute Gasteiger partial charge is 0.0270 e. The summed E-state index contributed by atoms with van der Waals surface area (Å²) >= 11 is 0. The normalized spacial score (nSPS) is 10.6. The fraction of sp³-hybridized carbons (Fsp3) is 0.500. The van der Waals surface area contributed by atoms with Crippen molar-refractivity contribution >= 4 is 0 Å². The van der Waals surface area contributed by atoms with Crippen molar-refractivity contribution < 1.29 is 0 Å². The minimum atomic E-state index is 1.12. The highest BCUT2D eigenvalue weighted by Crippen LogP contribution is 1.98. The molecule has 66 valence electrons. The van der Waals surface area contributed by atoms with E-state index in [1.54, 1.807) is 0 Å². The molecule has 12 heavy (non-hydrogen) atoms. The Kier molecular flexibility index (Phi) is 3.74. The van der Waals surface area contributed by atoms with Gasteiger partial charge >= 0.3 is 0 Å². The number of rotatable bonds is 4. The Hall–Kier alpha value is -0.890. The lowest BCUT2D eigenvalue weighted by molar-refractivity contribution is 0.357. The number of hydrogen-bond donors (Lipinski definition) is 0. The molecule has 0 aliphatic rings. The van der Waals surface area contributed by atoms with E-state index in [0.717, 1.165) is 19.5 Å². The summed E-state index contributed by atoms with van der Waals surface area (Å²) < 4.78 is 0. The summed E-state index contributed by atoms with van der Waals surface area (Å²) in [7, 11) is 2.14. The van der Waals surface area contributed by atoms with Gasteiger partial charge in [-0.2, -0.15) is 0 Å². The molecule has 0 aromatic carbocycles. The quantitative estimate of drug-likeness (QED) is 0.671. The van der Waals surface area contributed by atoms with Crippen LogP contribution in [0.2, 0.25) is 0 Å². The molecule has 0 aliphatic carbocycles. The third-order valence-electron chi connectivity index (χ3n) is 2.07. The molecular formula is C10H16N2. The molecule has 0 saturated carbocycles. The molecule has 0 unspecified atom stereocenters. The zero-order chi connectivity index (χ0) is 8.81. The van der Waals surface area contributed by atoms with Gasteiger partial charge in [-0.1, -0.05) is 6.92 Å². The Bertz CT molecular complexity index is 208. The number of nitrogens with zero attached hydrogens (tertiary/aromatic N) is 2. The van der Waals surface area contributed by atoms with Gasteiger partial charge in [0.15, 0.2) is 0 Å². The van der Waals surface area contributed by atoms with Crippen molar-refractivity contribution in [3.63, 3.8) is 0 Å². The van der Waals surface area contributed by atoms with Crippen LogP contribution in [0.5, 0.6) is 0 Å². The highest BCUT2D eigenvalue weighted by molar-refractivity contribution is 5.09. The van der Waals surface area contributed by atoms with Crippen LogP contribution in [0.25, 0.3) is 0 Å². The maximum atomic E-state index is 3.98. The van der Waals surface area contributed by atoms with Crippen molar-refractivity contribution in [2.75, 3.05) is 20.1 Å². The summed E-state index contributed by atoms with van der Waals surface area (Å²) in [5.41, 5.74) is 1.37. The summed E-state index contributed by atoms with van der Waals surface area (Å²) in [6.45, 7) is 4.41. The predicted octanol–water partition coefficient (Wildman–Crippen LogP) is 1.58. The molecule has 0 saturated heterocycles. The van der Waals surface area contributed by atoms with Crippen LogP contribution in [0.1, 0.15) is 12.5 Å². The topological polar surface area (TPSA) is 16.1 Å². The van der Waals surface area contributed by atoms with Crippen molar-refractivity contribution in [3.8, 4) is 0 Å². The van der Waals surface area contributed by atoms with Crippen molar-refractivity contribution in [3.05, 3.63) is 30.1 Å². The molecule has 0 fully saturated rings. The summed E-state index contributed by atoms with van der Waals surface area (Å²) in [5, 5.41) is 0. The Morgan fingerprint density at radius 2 is 2.00 bits per heavy atom. The fourth-order valence-corrected chi connectivity index (χ4v) is 1.03. The van der Waals surface area contributed by atoms with Crippen LogP contribution in [0, 0.1) is 0 Å². The van der Waals surface area contributed by atoms with Crippen molar-refractivity contribution in [2.45, 2.75) is 13.3 Å². The Morgan fingerprint density at radius 1 is 1.33 bits per heavy atom. The van der Waals surface area contributed by atoms with Crippen LogP contribution >= 0.6 is 0 Å². The molecule has 0 radical (unpaired) electrons. The van der Waals surface area contributed by atoms with Gasteiger partial charge in [-0.25, -0.2) is 0 Å². The third-order valence-corrected chi connectivity index (χ3v) is 2.07. The van der Waals surface area contributed by atoms with Gasteiger partial charge in [0.1, 0.15) is 0 Å². The van der Waals surface area contributed by atoms with Crippen LogP contribution in [-0.4, -0.2) is 30.0 Å². The molecule has 0 atom stereocenters. The summed E-state index contributed by atoms with van der Waals surface area (Å²) in [6, 6.07) is 4.15. The van der Waals surface area contributed by atoms with Crippen molar-refractivity contribution in [1.29, 1.82) is 0 Å². The minimum absolute atomic E-state index is 1.12. The lowest BCUT2D eigenvalue weighted by Gasteiger charge is -2.12. The lowest BCUT2D eigenvalue weighted by Crippen LogP contribution is -2.20. The first-order valence-corrected chi connectivity index (χ1v) is 4.40. The van der Waals surface area contributed by atoms with E-state index in [1.165, 1.54) is 5.56 Å². The van der Waals surface area contributed by atoms with E-state index in [-0.39, 0.29) is 0 Å². The van der Waals surface area contributed by atoms with E-state index in [1.807, 2.05) is 12.4 Å². The Balaban J connectivity index is 2.33. The van der Waals surface area contributed by atoms with Gasteiger partial charge in [-0.15, -0.1) is 0 Å².